The number of hydrazine groups is 1. The summed E-state index contributed by atoms with van der Waals surface area (Å²) in [7, 11) is -4.44. The summed E-state index contributed by atoms with van der Waals surface area (Å²) in [4.78, 5) is 43.1. The lowest BCUT2D eigenvalue weighted by atomic mass is 10.0. The van der Waals surface area contributed by atoms with Crippen LogP contribution in [0.5, 0.6) is 0 Å². The van der Waals surface area contributed by atoms with Crippen molar-refractivity contribution in [3.05, 3.63) is 106 Å². The van der Waals surface area contributed by atoms with Gasteiger partial charge in [0.25, 0.3) is 21.8 Å². The Morgan fingerprint density at radius 1 is 1.04 bits per heavy atom. The van der Waals surface area contributed by atoms with Gasteiger partial charge >= 0.3 is 12.3 Å². The number of benzene rings is 3. The first-order chi connectivity index (χ1) is 24.1. The smallest absolute Gasteiger partial charge is 0.435 e. The van der Waals surface area contributed by atoms with Crippen molar-refractivity contribution in [3.8, 4) is 16.9 Å². The SMILES string of the molecule is Cc1ccc(-c2cc(C(F)(F)F)nn2-c2ccc(S(=O)(=O)NC(=O)OCC3CN([N+]([O-])=NOC(C)N4C(=O)c5ccccc5C4=O)C3)cc2)cc1. The van der Waals surface area contributed by atoms with Crippen LogP contribution >= 0.6 is 0 Å². The molecule has 19 heteroatoms. The number of nitrogens with one attached hydrogen (secondary N) is 1. The number of nitrogens with zero attached hydrogens (tertiary/aromatic N) is 6. The average Bonchev–Trinajstić information content (AvgIpc) is 3.63. The van der Waals surface area contributed by atoms with Gasteiger partial charge in [-0.05, 0) is 56.3 Å². The second-order valence-electron chi connectivity index (χ2n) is 11.7. The van der Waals surface area contributed by atoms with Gasteiger partial charge in [0.2, 0.25) is 11.5 Å². The molecular weight excluding hydrogens is 699 g/mol. The van der Waals surface area contributed by atoms with Crippen molar-refractivity contribution in [2.75, 3.05) is 19.7 Å². The van der Waals surface area contributed by atoms with Crippen molar-refractivity contribution in [2.24, 2.45) is 11.2 Å². The van der Waals surface area contributed by atoms with E-state index in [9.17, 15) is 41.2 Å². The molecule has 6 rings (SSSR count). The Morgan fingerprint density at radius 2 is 1.65 bits per heavy atom. The fraction of sp³-hybridized carbons (Fsp3) is 0.250. The molecule has 1 atom stereocenters. The maximum atomic E-state index is 13.5. The summed E-state index contributed by atoms with van der Waals surface area (Å²) in [6.45, 7) is 3.08. The molecule has 1 fully saturated rings. The van der Waals surface area contributed by atoms with Gasteiger partial charge in [-0.3, -0.25) is 9.59 Å². The van der Waals surface area contributed by atoms with E-state index >= 15 is 0 Å². The van der Waals surface area contributed by atoms with Gasteiger partial charge in [0.1, 0.15) is 0 Å². The maximum Gasteiger partial charge on any atom is 0.435 e. The molecule has 1 N–H and O–H groups in total. The van der Waals surface area contributed by atoms with E-state index < -0.39 is 46.0 Å². The van der Waals surface area contributed by atoms with E-state index in [4.69, 9.17) is 9.57 Å². The quantitative estimate of drug-likeness (QED) is 0.105. The third-order valence-corrected chi connectivity index (χ3v) is 9.37. The zero-order chi connectivity index (χ0) is 36.7. The topological polar surface area (TPSA) is 179 Å². The minimum atomic E-state index is -4.72. The van der Waals surface area contributed by atoms with Crippen LogP contribution in [0.3, 0.4) is 0 Å². The van der Waals surface area contributed by atoms with E-state index in [1.165, 1.54) is 36.2 Å². The molecule has 266 valence electrons. The molecule has 15 nitrogen and oxygen atoms in total. The Labute approximate surface area is 288 Å². The number of halogens is 3. The van der Waals surface area contributed by atoms with Gasteiger partial charge in [-0.25, -0.2) is 27.5 Å². The molecule has 1 aromatic heterocycles. The van der Waals surface area contributed by atoms with Crippen LogP contribution in [0.15, 0.2) is 89.0 Å². The minimum absolute atomic E-state index is 0.0628. The first-order valence-electron chi connectivity index (χ1n) is 15.2. The molecule has 4 aromatic rings. The lowest BCUT2D eigenvalue weighted by Crippen LogP contribution is -2.52. The van der Waals surface area contributed by atoms with Crippen LogP contribution in [0.2, 0.25) is 0 Å². The Balaban J connectivity index is 1.00. The molecule has 51 heavy (non-hydrogen) atoms. The summed E-state index contributed by atoms with van der Waals surface area (Å²) in [5.74, 6) is -1.53. The van der Waals surface area contributed by atoms with Crippen LogP contribution in [0, 0.1) is 18.0 Å². The predicted octanol–water partition coefficient (Wildman–Crippen LogP) is 4.66. The number of aryl methyl sites for hydroxylation is 1. The summed E-state index contributed by atoms with van der Waals surface area (Å²) in [5, 5.41) is 20.6. The minimum Gasteiger partial charge on any atom is -0.569 e. The number of ether oxygens (including phenoxy) is 1. The highest BCUT2D eigenvalue weighted by Gasteiger charge is 2.40. The third kappa shape index (κ3) is 7.18. The number of alkyl halides is 3. The van der Waals surface area contributed by atoms with Crippen LogP contribution < -0.4 is 4.72 Å². The number of sulfonamides is 1. The molecule has 1 unspecified atom stereocenters. The number of rotatable bonds is 10. The molecule has 2 aliphatic heterocycles. The molecule has 0 saturated carbocycles. The number of carbonyl (C=O) groups excluding carboxylic acids is 3. The van der Waals surface area contributed by atoms with E-state index in [1.54, 1.807) is 41.1 Å². The Hall–Kier alpha value is -5.98. The number of carbonyl (C=O) groups is 3. The normalized spacial score (nSPS) is 15.7. The predicted molar refractivity (Wildman–Crippen MR) is 169 cm³/mol. The average molecular weight is 728 g/mol. The Bertz CT molecular complexity index is 2100. The van der Waals surface area contributed by atoms with Crippen LogP contribution in [-0.2, 0) is 25.8 Å². The standard InChI is InChI=1S/C32H28F3N7O8S/c1-19-7-9-22(10-8-19)27-15-28(32(33,34)35)36-41(27)23-11-13-24(14-12-23)51(47,48)37-31(45)49-18-21-16-39(17-21)42(46)38-50-20(2)40-29(43)25-5-3-4-6-26(25)30(40)44/h3-15,20-21H,16-18H2,1-2H3,(H,37,45). The van der Waals surface area contributed by atoms with Gasteiger partial charge in [-0.2, -0.15) is 18.3 Å². The van der Waals surface area contributed by atoms with E-state index in [0.717, 1.165) is 33.3 Å². The molecular formula is C32H28F3N7O8S. The van der Waals surface area contributed by atoms with Crippen molar-refractivity contribution < 1.29 is 50.5 Å². The van der Waals surface area contributed by atoms with E-state index in [-0.39, 0.29) is 58.0 Å². The first-order valence-corrected chi connectivity index (χ1v) is 16.7. The largest absolute Gasteiger partial charge is 0.569 e. The zero-order valence-corrected chi connectivity index (χ0v) is 27.6. The monoisotopic (exact) mass is 727 g/mol. The summed E-state index contributed by atoms with van der Waals surface area (Å²) in [6.07, 6.45) is -7.19. The van der Waals surface area contributed by atoms with Crippen LogP contribution in [0.4, 0.5) is 18.0 Å². The Morgan fingerprint density at radius 3 is 2.24 bits per heavy atom. The lowest BCUT2D eigenvalue weighted by Gasteiger charge is -2.33. The van der Waals surface area contributed by atoms with Gasteiger partial charge in [0.05, 0.1) is 52.1 Å². The van der Waals surface area contributed by atoms with Crippen LogP contribution in [0.25, 0.3) is 16.9 Å². The second-order valence-corrected chi connectivity index (χ2v) is 13.4. The number of aromatic nitrogens is 2. The maximum absolute atomic E-state index is 13.5. The van der Waals surface area contributed by atoms with Gasteiger partial charge in [0.15, 0.2) is 5.69 Å². The molecule has 3 aromatic carbocycles. The third-order valence-electron chi connectivity index (χ3n) is 8.05. The number of hydrogen-bond donors (Lipinski definition) is 1. The summed E-state index contributed by atoms with van der Waals surface area (Å²) < 4.78 is 74.1. The molecule has 2 aliphatic rings. The molecule has 3 amide bonds. The van der Waals surface area contributed by atoms with E-state index in [2.05, 4.69) is 10.4 Å². The Kier molecular flexibility index (Phi) is 9.15. The molecule has 1 saturated heterocycles. The molecule has 3 heterocycles. The van der Waals surface area contributed by atoms with E-state index in [0.29, 0.717) is 5.56 Å². The summed E-state index contributed by atoms with van der Waals surface area (Å²) >= 11 is 0. The highest BCUT2D eigenvalue weighted by atomic mass is 32.2. The molecule has 0 spiro atoms. The van der Waals surface area contributed by atoms with Crippen LogP contribution in [0.1, 0.15) is 38.9 Å². The lowest BCUT2D eigenvalue weighted by molar-refractivity contribution is -0.728. The molecule has 0 aliphatic carbocycles. The highest BCUT2D eigenvalue weighted by molar-refractivity contribution is 7.90. The number of amides is 3. The van der Waals surface area contributed by atoms with Crippen molar-refractivity contribution in [1.82, 2.24) is 24.4 Å². The van der Waals surface area contributed by atoms with Gasteiger partial charge in [0, 0.05) is 11.5 Å². The zero-order valence-electron chi connectivity index (χ0n) is 26.8. The second kappa shape index (κ2) is 13.4. The van der Waals surface area contributed by atoms with Crippen molar-refractivity contribution >= 4 is 27.9 Å². The first kappa shape index (κ1) is 34.9. The fourth-order valence-corrected chi connectivity index (χ4v) is 6.23. The van der Waals surface area contributed by atoms with Crippen molar-refractivity contribution in [2.45, 2.75) is 31.1 Å². The highest BCUT2D eigenvalue weighted by Crippen LogP contribution is 2.33. The molecule has 0 bridgehead atoms. The molecule has 0 radical (unpaired) electrons. The van der Waals surface area contributed by atoms with Gasteiger partial charge < -0.3 is 14.8 Å². The summed E-state index contributed by atoms with van der Waals surface area (Å²) in [5.41, 5.74) is 0.916. The van der Waals surface area contributed by atoms with Crippen molar-refractivity contribution in [3.63, 3.8) is 0 Å². The number of hydrogen-bond acceptors (Lipinski definition) is 10. The number of imide groups is 1. The summed E-state index contributed by atoms with van der Waals surface area (Å²) in [6, 6.07) is 18.6. The van der Waals surface area contributed by atoms with E-state index in [1.807, 2.05) is 6.92 Å². The fourth-order valence-electron chi connectivity index (χ4n) is 5.34. The van der Waals surface area contributed by atoms with Gasteiger partial charge in [-0.1, -0.05) is 42.0 Å². The van der Waals surface area contributed by atoms with Gasteiger partial charge in [-0.15, -0.1) is 5.01 Å². The van der Waals surface area contributed by atoms with Crippen molar-refractivity contribution in [1.29, 1.82) is 0 Å². The van der Waals surface area contributed by atoms with Crippen LogP contribution in [-0.4, -0.2) is 76.9 Å². The number of fused-ring (bicyclic) bond motifs is 1.